The minimum Gasteiger partial charge on any atom is -0.454 e. The van der Waals surface area contributed by atoms with Crippen molar-refractivity contribution in [2.75, 3.05) is 27.4 Å². The van der Waals surface area contributed by atoms with Gasteiger partial charge in [-0.05, 0) is 17.7 Å². The first-order valence-electron chi connectivity index (χ1n) is 6.86. The second-order valence-corrected chi connectivity index (χ2v) is 5.03. The summed E-state index contributed by atoms with van der Waals surface area (Å²) in [4.78, 5) is 5.55. The zero-order valence-corrected chi connectivity index (χ0v) is 12.7. The molecule has 1 unspecified atom stereocenters. The highest BCUT2D eigenvalue weighted by Crippen LogP contribution is 2.32. The highest BCUT2D eigenvalue weighted by molar-refractivity contribution is 5.79. The third-order valence-electron chi connectivity index (χ3n) is 3.26. The van der Waals surface area contributed by atoms with Crippen molar-refractivity contribution in [1.82, 2.24) is 10.2 Å². The quantitative estimate of drug-likeness (QED) is 0.643. The van der Waals surface area contributed by atoms with Gasteiger partial charge in [-0.25, -0.2) is 0 Å². The molecule has 9 heteroatoms. The van der Waals surface area contributed by atoms with Crippen molar-refractivity contribution in [1.29, 1.82) is 0 Å². The van der Waals surface area contributed by atoms with E-state index in [9.17, 15) is 13.2 Å². The predicted octanol–water partition coefficient (Wildman–Crippen LogP) is 1.35. The van der Waals surface area contributed by atoms with E-state index in [4.69, 9.17) is 14.6 Å². The summed E-state index contributed by atoms with van der Waals surface area (Å²) in [5.74, 6) is 1.53. The number of hydrogen-bond acceptors (Lipinski definition) is 4. The molecule has 0 aliphatic carbocycles. The number of ether oxygens (including phenoxy) is 2. The SMILES string of the molecule is CN=C(NCC(O)C(F)(F)F)N(C)Cc1ccc2c(c1)OCO2. The third kappa shape index (κ3) is 4.41. The molecule has 1 aliphatic rings. The minimum absolute atomic E-state index is 0.174. The highest BCUT2D eigenvalue weighted by atomic mass is 19.4. The van der Waals surface area contributed by atoms with Crippen LogP contribution in [-0.2, 0) is 6.54 Å². The molecule has 0 amide bonds. The Hall–Kier alpha value is -2.16. The van der Waals surface area contributed by atoms with Gasteiger partial charge < -0.3 is 24.8 Å². The molecule has 0 bridgehead atoms. The van der Waals surface area contributed by atoms with Gasteiger partial charge >= 0.3 is 6.18 Å². The maximum atomic E-state index is 12.3. The molecule has 0 spiro atoms. The Morgan fingerprint density at radius 3 is 2.74 bits per heavy atom. The Labute approximate surface area is 131 Å². The molecule has 1 aliphatic heterocycles. The Kier molecular flexibility index (Phi) is 5.19. The lowest BCUT2D eigenvalue weighted by Gasteiger charge is -2.24. The molecule has 0 fully saturated rings. The van der Waals surface area contributed by atoms with Crippen molar-refractivity contribution in [3.63, 3.8) is 0 Å². The number of aliphatic hydroxyl groups is 1. The third-order valence-corrected chi connectivity index (χ3v) is 3.26. The average molecular weight is 333 g/mol. The van der Waals surface area contributed by atoms with Crippen molar-refractivity contribution in [2.45, 2.75) is 18.8 Å². The van der Waals surface area contributed by atoms with E-state index in [1.165, 1.54) is 7.05 Å². The molecule has 0 saturated carbocycles. The molecule has 6 nitrogen and oxygen atoms in total. The predicted molar refractivity (Wildman–Crippen MR) is 77.5 cm³/mol. The molecule has 0 aromatic heterocycles. The van der Waals surface area contributed by atoms with Gasteiger partial charge in [0.1, 0.15) is 0 Å². The average Bonchev–Trinajstić information content (AvgIpc) is 2.94. The molecule has 1 aromatic carbocycles. The molecule has 0 saturated heterocycles. The first-order chi connectivity index (χ1) is 10.8. The van der Waals surface area contributed by atoms with Gasteiger partial charge in [0.2, 0.25) is 6.79 Å². The molecule has 1 aromatic rings. The molecule has 2 N–H and O–H groups in total. The first kappa shape index (κ1) is 17.2. The summed E-state index contributed by atoms with van der Waals surface area (Å²) in [6.07, 6.45) is -7.11. The standard InChI is InChI=1S/C14H18F3N3O3/c1-18-13(19-6-12(21)14(15,16)17)20(2)7-9-3-4-10-11(5-9)23-8-22-10/h3-5,12,21H,6-8H2,1-2H3,(H,18,19). The number of aliphatic imine (C=N–C) groups is 1. The van der Waals surface area contributed by atoms with Gasteiger partial charge in [0.05, 0.1) is 6.54 Å². The molecular weight excluding hydrogens is 315 g/mol. The highest BCUT2D eigenvalue weighted by Gasteiger charge is 2.38. The second-order valence-electron chi connectivity index (χ2n) is 5.03. The van der Waals surface area contributed by atoms with Gasteiger partial charge in [-0.1, -0.05) is 6.07 Å². The summed E-state index contributed by atoms with van der Waals surface area (Å²) in [5.41, 5.74) is 0.885. The number of nitrogens with one attached hydrogen (secondary N) is 1. The number of rotatable bonds is 4. The van der Waals surface area contributed by atoms with E-state index >= 15 is 0 Å². The van der Waals surface area contributed by atoms with Crippen molar-refractivity contribution < 1.29 is 27.8 Å². The molecule has 23 heavy (non-hydrogen) atoms. The van der Waals surface area contributed by atoms with Gasteiger partial charge in [-0.15, -0.1) is 0 Å². The van der Waals surface area contributed by atoms with Crippen LogP contribution >= 0.6 is 0 Å². The fourth-order valence-electron chi connectivity index (χ4n) is 2.08. The van der Waals surface area contributed by atoms with E-state index in [-0.39, 0.29) is 12.8 Å². The van der Waals surface area contributed by atoms with Crippen LogP contribution in [0, 0.1) is 0 Å². The summed E-state index contributed by atoms with van der Waals surface area (Å²) in [5, 5.41) is 11.5. The van der Waals surface area contributed by atoms with Crippen LogP contribution in [0.2, 0.25) is 0 Å². The van der Waals surface area contributed by atoms with Crippen LogP contribution in [0.3, 0.4) is 0 Å². The van der Waals surface area contributed by atoms with Crippen molar-refractivity contribution in [2.24, 2.45) is 4.99 Å². The summed E-state index contributed by atoms with van der Waals surface area (Å²) >= 11 is 0. The fourth-order valence-corrected chi connectivity index (χ4v) is 2.08. The second kappa shape index (κ2) is 6.95. The van der Waals surface area contributed by atoms with E-state index in [2.05, 4.69) is 10.3 Å². The van der Waals surface area contributed by atoms with Gasteiger partial charge in [-0.2, -0.15) is 13.2 Å². The van der Waals surface area contributed by atoms with Crippen molar-refractivity contribution in [3.8, 4) is 11.5 Å². The Morgan fingerprint density at radius 1 is 1.39 bits per heavy atom. The van der Waals surface area contributed by atoms with Crippen molar-refractivity contribution >= 4 is 5.96 Å². The lowest BCUT2D eigenvalue weighted by Crippen LogP contribution is -2.45. The van der Waals surface area contributed by atoms with E-state index in [0.29, 0.717) is 18.0 Å². The van der Waals surface area contributed by atoms with Gasteiger partial charge in [-0.3, -0.25) is 4.99 Å². The molecule has 2 rings (SSSR count). The number of nitrogens with zero attached hydrogens (tertiary/aromatic N) is 2. The number of hydrogen-bond donors (Lipinski definition) is 2. The maximum Gasteiger partial charge on any atom is 0.416 e. The zero-order chi connectivity index (χ0) is 17.0. The molecule has 0 radical (unpaired) electrons. The largest absolute Gasteiger partial charge is 0.454 e. The Balaban J connectivity index is 1.94. The molecule has 1 atom stereocenters. The normalized spacial score (nSPS) is 15.5. The van der Waals surface area contributed by atoms with Crippen LogP contribution in [0.4, 0.5) is 13.2 Å². The van der Waals surface area contributed by atoms with Gasteiger partial charge in [0, 0.05) is 20.6 Å². The monoisotopic (exact) mass is 333 g/mol. The Bertz CT molecular complexity index is 578. The van der Waals surface area contributed by atoms with E-state index in [1.807, 2.05) is 6.07 Å². The Morgan fingerprint density at radius 2 is 2.09 bits per heavy atom. The number of guanidine groups is 1. The van der Waals surface area contributed by atoms with Crippen LogP contribution in [-0.4, -0.2) is 55.7 Å². The van der Waals surface area contributed by atoms with Crippen LogP contribution in [0.25, 0.3) is 0 Å². The van der Waals surface area contributed by atoms with Crippen LogP contribution < -0.4 is 14.8 Å². The minimum atomic E-state index is -4.66. The number of fused-ring (bicyclic) bond motifs is 1. The number of benzene rings is 1. The summed E-state index contributed by atoms with van der Waals surface area (Å²) in [7, 11) is 3.14. The van der Waals surface area contributed by atoms with Crippen LogP contribution in [0.5, 0.6) is 11.5 Å². The summed E-state index contributed by atoms with van der Waals surface area (Å²) in [6.45, 7) is -0.0900. The number of halogens is 3. The van der Waals surface area contributed by atoms with Crippen molar-refractivity contribution in [3.05, 3.63) is 23.8 Å². The van der Waals surface area contributed by atoms with E-state index < -0.39 is 18.8 Å². The summed E-state index contributed by atoms with van der Waals surface area (Å²) < 4.78 is 47.4. The lowest BCUT2D eigenvalue weighted by atomic mass is 10.2. The number of aliphatic hydroxyl groups excluding tert-OH is 1. The van der Waals surface area contributed by atoms with Gasteiger partial charge in [0.15, 0.2) is 23.6 Å². The topological polar surface area (TPSA) is 66.3 Å². The smallest absolute Gasteiger partial charge is 0.416 e. The van der Waals surface area contributed by atoms with Crippen LogP contribution in [0.15, 0.2) is 23.2 Å². The molecular formula is C14H18F3N3O3. The van der Waals surface area contributed by atoms with Crippen LogP contribution in [0.1, 0.15) is 5.56 Å². The first-order valence-corrected chi connectivity index (χ1v) is 6.86. The van der Waals surface area contributed by atoms with Gasteiger partial charge in [0.25, 0.3) is 0 Å². The van der Waals surface area contributed by atoms with E-state index in [1.54, 1.807) is 24.1 Å². The molecule has 128 valence electrons. The summed E-state index contributed by atoms with van der Waals surface area (Å²) in [6, 6.07) is 5.41. The lowest BCUT2D eigenvalue weighted by molar-refractivity contribution is -0.201. The zero-order valence-electron chi connectivity index (χ0n) is 12.7. The maximum absolute atomic E-state index is 12.3. The number of alkyl halides is 3. The van der Waals surface area contributed by atoms with E-state index in [0.717, 1.165) is 5.56 Å². The fraction of sp³-hybridized carbons (Fsp3) is 0.500. The molecule has 1 heterocycles.